The monoisotopic (exact) mass is 459 g/mol. The lowest BCUT2D eigenvalue weighted by Crippen LogP contribution is -2.24. The summed E-state index contributed by atoms with van der Waals surface area (Å²) in [4.78, 5) is 25.0. The van der Waals surface area contributed by atoms with Gasteiger partial charge in [-0.3, -0.25) is 9.59 Å². The van der Waals surface area contributed by atoms with E-state index in [0.717, 1.165) is 5.56 Å². The first kappa shape index (κ1) is 22.7. The fourth-order valence-corrected chi connectivity index (χ4v) is 3.80. The second kappa shape index (κ2) is 9.89. The van der Waals surface area contributed by atoms with Gasteiger partial charge in [0, 0.05) is 12.1 Å². The van der Waals surface area contributed by atoms with E-state index in [1.807, 2.05) is 31.2 Å². The minimum atomic E-state index is -0.498. The number of hydrogen-bond donors (Lipinski definition) is 1. The molecular formula is C22H22ClN3O4S. The van der Waals surface area contributed by atoms with E-state index in [4.69, 9.17) is 21.1 Å². The highest BCUT2D eigenvalue weighted by Crippen LogP contribution is 2.36. The average Bonchev–Trinajstić information content (AvgIpc) is 2.76. The molecule has 0 saturated carbocycles. The van der Waals surface area contributed by atoms with Gasteiger partial charge in [-0.25, -0.2) is 0 Å². The Hall–Kier alpha value is -2.97. The van der Waals surface area contributed by atoms with Crippen molar-refractivity contribution in [3.63, 3.8) is 0 Å². The summed E-state index contributed by atoms with van der Waals surface area (Å²) >= 11 is 7.41. The van der Waals surface area contributed by atoms with Crippen LogP contribution in [0.1, 0.15) is 12.5 Å². The van der Waals surface area contributed by atoms with Crippen LogP contribution in [0.25, 0.3) is 5.69 Å². The van der Waals surface area contributed by atoms with Gasteiger partial charge in [0.2, 0.25) is 5.91 Å². The van der Waals surface area contributed by atoms with E-state index in [-0.39, 0.29) is 11.5 Å². The van der Waals surface area contributed by atoms with Crippen LogP contribution in [0, 0.1) is 6.92 Å². The number of anilines is 1. The lowest BCUT2D eigenvalue weighted by atomic mass is 10.2. The van der Waals surface area contributed by atoms with Gasteiger partial charge in [-0.1, -0.05) is 41.1 Å². The first-order valence-electron chi connectivity index (χ1n) is 9.39. The molecule has 3 rings (SSSR count). The number of aryl methyl sites for hydroxylation is 1. The van der Waals surface area contributed by atoms with Crippen LogP contribution in [-0.4, -0.2) is 35.2 Å². The Balaban J connectivity index is 1.77. The molecule has 0 aliphatic rings. The first-order chi connectivity index (χ1) is 14.8. The van der Waals surface area contributed by atoms with Gasteiger partial charge in [-0.2, -0.15) is 9.78 Å². The number of hydrogen-bond acceptors (Lipinski definition) is 6. The van der Waals surface area contributed by atoms with Crippen molar-refractivity contribution in [1.29, 1.82) is 0 Å². The topological polar surface area (TPSA) is 82.5 Å². The smallest absolute Gasteiger partial charge is 0.271 e. The first-order valence-corrected chi connectivity index (χ1v) is 10.6. The van der Waals surface area contributed by atoms with Crippen LogP contribution in [0.15, 0.2) is 58.4 Å². The summed E-state index contributed by atoms with van der Waals surface area (Å²) in [6.07, 6.45) is 0. The minimum Gasteiger partial charge on any atom is -0.495 e. The van der Waals surface area contributed by atoms with E-state index in [9.17, 15) is 9.59 Å². The lowest BCUT2D eigenvalue weighted by Gasteiger charge is -2.16. The number of carbonyl (C=O) groups excluding carboxylic acids is 1. The largest absolute Gasteiger partial charge is 0.495 e. The molecule has 9 heteroatoms. The van der Waals surface area contributed by atoms with Gasteiger partial charge in [0.05, 0.1) is 35.9 Å². The summed E-state index contributed by atoms with van der Waals surface area (Å²) < 4.78 is 11.8. The summed E-state index contributed by atoms with van der Waals surface area (Å²) in [5.74, 6) is 0.610. The van der Waals surface area contributed by atoms with Crippen LogP contribution in [0.5, 0.6) is 11.5 Å². The minimum absolute atomic E-state index is 0.247. The molecule has 1 N–H and O–H groups in total. The van der Waals surface area contributed by atoms with E-state index >= 15 is 0 Å². The summed E-state index contributed by atoms with van der Waals surface area (Å²) in [6, 6.07) is 13.7. The number of amides is 1. The SMILES string of the molecule is COc1cc(OC)c(NC(=O)[C@H](C)Sc2ccc(=O)n(-c3ccc(C)cc3)n2)cc1Cl. The molecule has 0 aliphatic carbocycles. The number of halogens is 1. The number of carbonyl (C=O) groups is 1. The number of benzene rings is 2. The predicted molar refractivity (Wildman–Crippen MR) is 123 cm³/mol. The third-order valence-corrected chi connectivity index (χ3v) is 5.78. The Morgan fingerprint density at radius 1 is 1.10 bits per heavy atom. The van der Waals surface area contributed by atoms with Crippen LogP contribution in [0.4, 0.5) is 5.69 Å². The van der Waals surface area contributed by atoms with Crippen LogP contribution in [0.2, 0.25) is 5.02 Å². The summed E-state index contributed by atoms with van der Waals surface area (Å²) in [5, 5.41) is 7.61. The molecule has 0 bridgehead atoms. The van der Waals surface area contributed by atoms with Crippen LogP contribution in [-0.2, 0) is 4.79 Å². The van der Waals surface area contributed by atoms with Gasteiger partial charge >= 0.3 is 0 Å². The normalized spacial score (nSPS) is 11.6. The highest BCUT2D eigenvalue weighted by atomic mass is 35.5. The molecular weight excluding hydrogens is 438 g/mol. The van der Waals surface area contributed by atoms with E-state index in [1.165, 1.54) is 36.7 Å². The molecule has 0 unspecified atom stereocenters. The lowest BCUT2D eigenvalue weighted by molar-refractivity contribution is -0.115. The van der Waals surface area contributed by atoms with Gasteiger partial charge in [-0.15, -0.1) is 0 Å². The Bertz CT molecular complexity index is 1150. The zero-order chi connectivity index (χ0) is 22.5. The fraction of sp³-hybridized carbons (Fsp3) is 0.227. The maximum atomic E-state index is 12.8. The zero-order valence-corrected chi connectivity index (χ0v) is 19.1. The molecule has 1 aromatic heterocycles. The highest BCUT2D eigenvalue weighted by Gasteiger charge is 2.19. The zero-order valence-electron chi connectivity index (χ0n) is 17.5. The number of thioether (sulfide) groups is 1. The third kappa shape index (κ3) is 5.39. The Kier molecular flexibility index (Phi) is 7.25. The van der Waals surface area contributed by atoms with Crippen molar-refractivity contribution in [2.24, 2.45) is 0 Å². The quantitative estimate of drug-likeness (QED) is 0.529. The van der Waals surface area contributed by atoms with Crippen molar-refractivity contribution >= 4 is 35.0 Å². The molecule has 7 nitrogen and oxygen atoms in total. The average molecular weight is 460 g/mol. The van der Waals surface area contributed by atoms with Crippen LogP contribution < -0.4 is 20.3 Å². The molecule has 0 fully saturated rings. The van der Waals surface area contributed by atoms with Crippen molar-refractivity contribution in [1.82, 2.24) is 9.78 Å². The second-order valence-corrected chi connectivity index (χ2v) is 8.46. The molecule has 31 heavy (non-hydrogen) atoms. The number of aromatic nitrogens is 2. The molecule has 162 valence electrons. The molecule has 0 radical (unpaired) electrons. The molecule has 2 aromatic carbocycles. The van der Waals surface area contributed by atoms with Crippen LogP contribution >= 0.6 is 23.4 Å². The van der Waals surface area contributed by atoms with Gasteiger partial charge in [0.15, 0.2) is 0 Å². The van der Waals surface area contributed by atoms with Gasteiger partial charge < -0.3 is 14.8 Å². The molecule has 0 saturated heterocycles. The van der Waals surface area contributed by atoms with Crippen molar-refractivity contribution < 1.29 is 14.3 Å². The Morgan fingerprint density at radius 2 is 1.77 bits per heavy atom. The molecule has 1 amide bonds. The second-order valence-electron chi connectivity index (χ2n) is 6.69. The van der Waals surface area contributed by atoms with Crippen molar-refractivity contribution in [2.45, 2.75) is 24.1 Å². The summed E-state index contributed by atoms with van der Waals surface area (Å²) in [5.41, 5.74) is 1.93. The summed E-state index contributed by atoms with van der Waals surface area (Å²) in [7, 11) is 3.00. The molecule has 1 heterocycles. The number of nitrogens with zero attached hydrogens (tertiary/aromatic N) is 2. The molecule has 3 aromatic rings. The molecule has 0 aliphatic heterocycles. The maximum absolute atomic E-state index is 12.8. The predicted octanol–water partition coefficient (Wildman–Crippen LogP) is 4.33. The van der Waals surface area contributed by atoms with Crippen molar-refractivity contribution in [2.75, 3.05) is 19.5 Å². The van der Waals surface area contributed by atoms with E-state index in [1.54, 1.807) is 25.1 Å². The van der Waals surface area contributed by atoms with Crippen LogP contribution in [0.3, 0.4) is 0 Å². The fourth-order valence-electron chi connectivity index (χ4n) is 2.75. The van der Waals surface area contributed by atoms with Crippen molar-refractivity contribution in [3.05, 3.63) is 69.5 Å². The summed E-state index contributed by atoms with van der Waals surface area (Å²) in [6.45, 7) is 3.72. The van der Waals surface area contributed by atoms with E-state index in [2.05, 4.69) is 10.4 Å². The van der Waals surface area contributed by atoms with Gasteiger partial charge in [-0.05, 0) is 38.1 Å². The molecule has 0 spiro atoms. The van der Waals surface area contributed by atoms with E-state index in [0.29, 0.717) is 32.9 Å². The van der Waals surface area contributed by atoms with Gasteiger partial charge in [0.25, 0.3) is 5.56 Å². The standard InChI is InChI=1S/C22H22ClN3O4S/c1-13-5-7-15(8-6-13)26-21(27)10-9-20(25-26)31-14(2)22(28)24-17-11-16(23)18(29-3)12-19(17)30-4/h5-12,14H,1-4H3,(H,24,28)/t14-/m0/s1. The number of nitrogens with one attached hydrogen (secondary N) is 1. The molecule has 1 atom stereocenters. The highest BCUT2D eigenvalue weighted by molar-refractivity contribution is 8.00. The Labute approximate surface area is 189 Å². The number of ether oxygens (including phenoxy) is 2. The Morgan fingerprint density at radius 3 is 2.42 bits per heavy atom. The van der Waals surface area contributed by atoms with Gasteiger partial charge in [0.1, 0.15) is 16.5 Å². The number of methoxy groups -OCH3 is 2. The third-order valence-electron chi connectivity index (χ3n) is 4.45. The maximum Gasteiger partial charge on any atom is 0.271 e. The van der Waals surface area contributed by atoms with E-state index < -0.39 is 5.25 Å². The van der Waals surface area contributed by atoms with Crippen molar-refractivity contribution in [3.8, 4) is 17.2 Å². The number of rotatable bonds is 7.